The number of rotatable bonds is 1. The third-order valence-corrected chi connectivity index (χ3v) is 7.32. The highest BCUT2D eigenvalue weighted by atomic mass is 16.5. The van der Waals surface area contributed by atoms with Crippen LogP contribution >= 0.6 is 0 Å². The highest BCUT2D eigenvalue weighted by Crippen LogP contribution is 2.68. The first-order valence-corrected chi connectivity index (χ1v) is 9.33. The number of likely N-dealkylation sites (tertiary alicyclic amines) is 1. The molecule has 5 heteroatoms. The van der Waals surface area contributed by atoms with Gasteiger partial charge in [0.2, 0.25) is 0 Å². The SMILES string of the molecule is COc1ccc2c3c1O[C@H]1c4ncccc4C[C@@]4(O)[C@@H](C2)N(C)CC[C@]314. The van der Waals surface area contributed by atoms with Crippen molar-refractivity contribution >= 4 is 0 Å². The van der Waals surface area contributed by atoms with Gasteiger partial charge >= 0.3 is 0 Å². The van der Waals surface area contributed by atoms with Crippen LogP contribution in [0.1, 0.15) is 34.9 Å². The molecule has 3 heterocycles. The summed E-state index contributed by atoms with van der Waals surface area (Å²) in [4.78, 5) is 7.02. The zero-order valence-corrected chi connectivity index (χ0v) is 15.0. The number of piperidine rings is 1. The number of methoxy groups -OCH3 is 1. The summed E-state index contributed by atoms with van der Waals surface area (Å²) in [6, 6.07) is 8.29. The molecule has 0 saturated carbocycles. The summed E-state index contributed by atoms with van der Waals surface area (Å²) in [6.07, 6.45) is 3.91. The molecule has 2 aliphatic carbocycles. The first-order valence-electron chi connectivity index (χ1n) is 9.33. The molecule has 1 N–H and O–H groups in total. The summed E-state index contributed by atoms with van der Waals surface area (Å²) in [5.41, 5.74) is 3.24. The molecule has 5 nitrogen and oxygen atoms in total. The van der Waals surface area contributed by atoms with E-state index in [0.29, 0.717) is 6.42 Å². The monoisotopic (exact) mass is 350 g/mol. The van der Waals surface area contributed by atoms with Crippen molar-refractivity contribution in [2.45, 2.75) is 42.4 Å². The van der Waals surface area contributed by atoms with Crippen molar-refractivity contribution in [3.8, 4) is 11.5 Å². The second kappa shape index (κ2) is 4.59. The number of hydrogen-bond acceptors (Lipinski definition) is 5. The average molecular weight is 350 g/mol. The molecule has 1 spiro atoms. The van der Waals surface area contributed by atoms with Gasteiger partial charge in [-0.15, -0.1) is 0 Å². The average Bonchev–Trinajstić information content (AvgIpc) is 2.99. The Hall–Kier alpha value is -2.11. The smallest absolute Gasteiger partial charge is 0.166 e. The molecule has 4 atom stereocenters. The fraction of sp³-hybridized carbons (Fsp3) is 0.476. The lowest BCUT2D eigenvalue weighted by Crippen LogP contribution is -2.73. The van der Waals surface area contributed by atoms with Crippen molar-refractivity contribution in [1.82, 2.24) is 9.88 Å². The molecule has 1 saturated heterocycles. The molecule has 0 amide bonds. The summed E-state index contributed by atoms with van der Waals surface area (Å²) >= 11 is 0. The van der Waals surface area contributed by atoms with Crippen LogP contribution in [0.5, 0.6) is 11.5 Å². The molecule has 0 radical (unpaired) electrons. The number of pyridine rings is 1. The minimum absolute atomic E-state index is 0.0857. The van der Waals surface area contributed by atoms with Gasteiger partial charge in [-0.1, -0.05) is 12.1 Å². The number of likely N-dealkylation sites (N-methyl/N-ethyl adjacent to an activating group) is 1. The summed E-state index contributed by atoms with van der Waals surface area (Å²) in [5.74, 6) is 1.57. The third-order valence-electron chi connectivity index (χ3n) is 7.32. The van der Waals surface area contributed by atoms with E-state index in [9.17, 15) is 5.11 Å². The normalized spacial score (nSPS) is 36.1. The number of aliphatic hydroxyl groups is 1. The van der Waals surface area contributed by atoms with Crippen molar-refractivity contribution in [2.24, 2.45) is 0 Å². The molecule has 2 aliphatic heterocycles. The summed E-state index contributed by atoms with van der Waals surface area (Å²) in [6.45, 7) is 0.949. The predicted molar refractivity (Wildman–Crippen MR) is 95.7 cm³/mol. The van der Waals surface area contributed by atoms with E-state index >= 15 is 0 Å². The van der Waals surface area contributed by atoms with Crippen LogP contribution in [0.15, 0.2) is 30.5 Å². The third kappa shape index (κ3) is 1.42. The van der Waals surface area contributed by atoms with Crippen molar-refractivity contribution in [1.29, 1.82) is 0 Å². The van der Waals surface area contributed by atoms with Crippen LogP contribution in [-0.4, -0.2) is 47.3 Å². The fourth-order valence-electron chi connectivity index (χ4n) is 6.20. The predicted octanol–water partition coefficient (Wildman–Crippen LogP) is 2.01. The lowest BCUT2D eigenvalue weighted by molar-refractivity contribution is -0.168. The first-order chi connectivity index (χ1) is 12.6. The number of fused-ring (bicyclic) bond motifs is 2. The molecule has 2 aromatic rings. The van der Waals surface area contributed by atoms with Crippen LogP contribution in [0, 0.1) is 0 Å². The zero-order chi connectivity index (χ0) is 17.7. The number of benzene rings is 1. The maximum atomic E-state index is 12.2. The van der Waals surface area contributed by atoms with Gasteiger partial charge in [-0.3, -0.25) is 4.98 Å². The van der Waals surface area contributed by atoms with E-state index in [0.717, 1.165) is 42.1 Å². The minimum atomic E-state index is -0.856. The molecule has 1 fully saturated rings. The quantitative estimate of drug-likeness (QED) is 0.853. The Morgan fingerprint density at radius 2 is 2.19 bits per heavy atom. The highest BCUT2D eigenvalue weighted by Gasteiger charge is 2.72. The van der Waals surface area contributed by atoms with Gasteiger partial charge in [-0.25, -0.2) is 0 Å². The fourth-order valence-corrected chi connectivity index (χ4v) is 6.20. The second-order valence-electron chi connectivity index (χ2n) is 8.20. The molecule has 1 aromatic carbocycles. The number of nitrogens with zero attached hydrogens (tertiary/aromatic N) is 2. The van der Waals surface area contributed by atoms with E-state index in [2.05, 4.69) is 24.1 Å². The van der Waals surface area contributed by atoms with Gasteiger partial charge in [-0.05, 0) is 49.7 Å². The van der Waals surface area contributed by atoms with E-state index in [1.807, 2.05) is 18.3 Å². The van der Waals surface area contributed by atoms with E-state index in [1.54, 1.807) is 7.11 Å². The summed E-state index contributed by atoms with van der Waals surface area (Å²) in [7, 11) is 3.81. The molecule has 1 aromatic heterocycles. The Kier molecular flexibility index (Phi) is 2.65. The Morgan fingerprint density at radius 3 is 3.04 bits per heavy atom. The van der Waals surface area contributed by atoms with Gasteiger partial charge in [0.1, 0.15) is 0 Å². The van der Waals surface area contributed by atoms with Crippen LogP contribution in [0.4, 0.5) is 0 Å². The number of hydrogen-bond donors (Lipinski definition) is 1. The van der Waals surface area contributed by atoms with Crippen molar-refractivity contribution in [3.63, 3.8) is 0 Å². The number of aromatic nitrogens is 1. The van der Waals surface area contributed by atoms with E-state index < -0.39 is 11.0 Å². The molecule has 0 unspecified atom stereocenters. The minimum Gasteiger partial charge on any atom is -0.493 e. The summed E-state index contributed by atoms with van der Waals surface area (Å²) < 4.78 is 12.2. The van der Waals surface area contributed by atoms with E-state index in [4.69, 9.17) is 14.5 Å². The first kappa shape index (κ1) is 15.0. The number of ether oxygens (including phenoxy) is 2. The topological polar surface area (TPSA) is 54.8 Å². The Balaban J connectivity index is 1.73. The van der Waals surface area contributed by atoms with Gasteiger partial charge in [0, 0.05) is 24.2 Å². The maximum Gasteiger partial charge on any atom is 0.166 e. The van der Waals surface area contributed by atoms with Gasteiger partial charge in [0.25, 0.3) is 0 Å². The van der Waals surface area contributed by atoms with E-state index in [1.165, 1.54) is 11.1 Å². The molecule has 26 heavy (non-hydrogen) atoms. The lowest BCUT2D eigenvalue weighted by atomic mass is 9.49. The summed E-state index contributed by atoms with van der Waals surface area (Å²) in [5, 5.41) is 12.2. The van der Waals surface area contributed by atoms with Gasteiger partial charge < -0.3 is 19.5 Å². The highest BCUT2D eigenvalue weighted by molar-refractivity contribution is 5.64. The van der Waals surface area contributed by atoms with Crippen LogP contribution in [-0.2, 0) is 18.3 Å². The molecule has 134 valence electrons. The largest absolute Gasteiger partial charge is 0.493 e. The Labute approximate surface area is 152 Å². The molecular formula is C21H22N2O3. The van der Waals surface area contributed by atoms with Crippen LogP contribution in [0.3, 0.4) is 0 Å². The zero-order valence-electron chi connectivity index (χ0n) is 15.0. The molecule has 2 bridgehead atoms. The lowest BCUT2D eigenvalue weighted by Gasteiger charge is -2.62. The van der Waals surface area contributed by atoms with Gasteiger partial charge in [-0.2, -0.15) is 0 Å². The van der Waals surface area contributed by atoms with Gasteiger partial charge in [0.15, 0.2) is 17.6 Å². The van der Waals surface area contributed by atoms with E-state index in [-0.39, 0.29) is 12.1 Å². The maximum absolute atomic E-state index is 12.2. The standard InChI is InChI=1S/C21H22N2O3/c1-23-9-7-20-16-12-5-6-14(25-2)18(16)26-19(20)17-13(4-3-8-22-17)11-21(20,24)15(23)10-12/h3-6,8,15,19,24H,7,9-11H2,1-2H3/t15-,19+,20+,21-/m1/s1. The van der Waals surface area contributed by atoms with Crippen LogP contribution in [0.25, 0.3) is 0 Å². The molecule has 4 aliphatic rings. The van der Waals surface area contributed by atoms with Crippen LogP contribution < -0.4 is 9.47 Å². The second-order valence-corrected chi connectivity index (χ2v) is 8.20. The van der Waals surface area contributed by atoms with Gasteiger partial charge in [0.05, 0.1) is 23.8 Å². The van der Waals surface area contributed by atoms with Crippen molar-refractivity contribution in [3.05, 3.63) is 52.8 Å². The molecular weight excluding hydrogens is 328 g/mol. The Morgan fingerprint density at radius 1 is 1.31 bits per heavy atom. The van der Waals surface area contributed by atoms with Crippen LogP contribution in [0.2, 0.25) is 0 Å². The van der Waals surface area contributed by atoms with Crippen molar-refractivity contribution < 1.29 is 14.6 Å². The Bertz CT molecular complexity index is 945. The van der Waals surface area contributed by atoms with Crippen molar-refractivity contribution in [2.75, 3.05) is 20.7 Å². The molecule has 6 rings (SSSR count).